The van der Waals surface area contributed by atoms with Crippen LogP contribution in [0.25, 0.3) is 90.2 Å². The Labute approximate surface area is 266 Å². The molecule has 7 aromatic rings. The van der Waals surface area contributed by atoms with E-state index in [1.54, 1.807) is 0 Å². The maximum Gasteiger partial charge on any atom is 2.00 e. The van der Waals surface area contributed by atoms with Gasteiger partial charge in [0.2, 0.25) is 22.4 Å². The summed E-state index contributed by atoms with van der Waals surface area (Å²) in [5, 5.41) is 1.72. The average molecular weight is 640 g/mol. The number of rotatable bonds is 0. The maximum atomic E-state index is 5.04. The Bertz CT molecular complexity index is 2390. The van der Waals surface area contributed by atoms with Gasteiger partial charge < -0.3 is 29.9 Å². The Balaban J connectivity index is 0.00000300. The van der Waals surface area contributed by atoms with Gasteiger partial charge in [0, 0.05) is 35.6 Å². The van der Waals surface area contributed by atoms with Crippen molar-refractivity contribution in [3.63, 3.8) is 0 Å². The summed E-state index contributed by atoms with van der Waals surface area (Å²) < 4.78 is 8.01. The summed E-state index contributed by atoms with van der Waals surface area (Å²) in [6.07, 6.45) is 7.90. The molecule has 0 amide bonds. The predicted octanol–water partition coefficient (Wildman–Crippen LogP) is 1.42. The Morgan fingerprint density at radius 2 is 0.822 bits per heavy atom. The van der Waals surface area contributed by atoms with Crippen molar-refractivity contribution in [1.82, 2.24) is 39.9 Å². The van der Waals surface area contributed by atoms with Gasteiger partial charge in [0.25, 0.3) is 0 Å². The average Bonchev–Trinajstić information content (AvgIpc) is 3.74. The first-order valence-electron chi connectivity index (χ1n) is 14.1. The van der Waals surface area contributed by atoms with E-state index in [-0.39, 0.29) is 17.1 Å². The SMILES string of the molecule is C[n+]1cccc2c1-c1nc-2nc2[n-]c(nc3nc(nc4[n-]c(n1)c1ccc[n+](C)c41)-c1ccc[n+](C)c1-3)c1ccc[n+](C)c21.[Cu+2]. The van der Waals surface area contributed by atoms with Gasteiger partial charge in [0.1, 0.15) is 28.2 Å². The smallest absolute Gasteiger partial charge is 0.352 e. The number of fused-ring (bicyclic) bond motifs is 20. The van der Waals surface area contributed by atoms with Gasteiger partial charge in [-0.3, -0.25) is 0 Å². The van der Waals surface area contributed by atoms with Gasteiger partial charge in [-0.2, -0.15) is 9.13 Å². The van der Waals surface area contributed by atoms with Crippen molar-refractivity contribution in [2.75, 3.05) is 0 Å². The third-order valence-electron chi connectivity index (χ3n) is 8.23. The summed E-state index contributed by atoms with van der Waals surface area (Å²) in [6, 6.07) is 15.9. The van der Waals surface area contributed by atoms with E-state index in [9.17, 15) is 0 Å². The van der Waals surface area contributed by atoms with Crippen LogP contribution in [-0.4, -0.2) is 29.9 Å². The van der Waals surface area contributed by atoms with Gasteiger partial charge in [-0.1, -0.05) is 0 Å². The number of hydrogen-bond donors (Lipinski definition) is 0. The molecule has 7 aromatic heterocycles. The Hall–Kier alpha value is -5.52. The van der Waals surface area contributed by atoms with Crippen LogP contribution in [0.2, 0.25) is 0 Å². The number of pyridine rings is 4. The molecule has 12 nitrogen and oxygen atoms in total. The van der Waals surface area contributed by atoms with Crippen LogP contribution in [-0.2, 0) is 45.3 Å². The van der Waals surface area contributed by atoms with Gasteiger partial charge in [-0.05, 0) is 24.3 Å². The van der Waals surface area contributed by atoms with E-state index in [1.807, 2.05) is 120 Å². The Morgan fingerprint density at radius 3 is 1.27 bits per heavy atom. The molecule has 0 saturated heterocycles. The predicted molar refractivity (Wildman–Crippen MR) is 159 cm³/mol. The monoisotopic (exact) mass is 639 g/mol. The Kier molecular flexibility index (Phi) is 5.86. The molecule has 0 unspecified atom stereocenters. The van der Waals surface area contributed by atoms with Crippen LogP contribution >= 0.6 is 0 Å². The summed E-state index contributed by atoms with van der Waals surface area (Å²) in [5.41, 5.74) is 7.17. The van der Waals surface area contributed by atoms with Crippen molar-refractivity contribution in [2.45, 2.75) is 0 Å². The van der Waals surface area contributed by atoms with Crippen molar-refractivity contribution < 1.29 is 35.3 Å². The van der Waals surface area contributed by atoms with Crippen LogP contribution in [0.1, 0.15) is 0 Å². The van der Waals surface area contributed by atoms with Gasteiger partial charge in [0.05, 0.1) is 44.8 Å². The fourth-order valence-electron chi connectivity index (χ4n) is 6.19. The van der Waals surface area contributed by atoms with Crippen LogP contribution in [0.15, 0.2) is 73.3 Å². The minimum Gasteiger partial charge on any atom is -0.352 e. The fraction of sp³-hybridized carbons (Fsp3) is 0.125. The van der Waals surface area contributed by atoms with Crippen molar-refractivity contribution >= 4 is 44.4 Å². The van der Waals surface area contributed by atoms with Crippen LogP contribution < -0.4 is 28.2 Å². The summed E-state index contributed by atoms with van der Waals surface area (Å²) in [4.78, 5) is 40.0. The molecule has 9 rings (SSSR count). The Morgan fingerprint density at radius 1 is 0.444 bits per heavy atom. The van der Waals surface area contributed by atoms with Crippen molar-refractivity contribution in [3.8, 4) is 45.8 Å². The molecule has 9 heterocycles. The van der Waals surface area contributed by atoms with E-state index in [4.69, 9.17) is 39.9 Å². The van der Waals surface area contributed by atoms with Crippen LogP contribution in [0, 0.1) is 0 Å². The zero-order valence-corrected chi connectivity index (χ0v) is 25.5. The molecule has 219 valence electrons. The topological polar surface area (TPSA) is 121 Å². The molecule has 8 bridgehead atoms. The molecular formula is C32H24CuN12+4. The molecule has 0 N–H and O–H groups in total. The second-order valence-corrected chi connectivity index (χ2v) is 11.0. The normalized spacial score (nSPS) is 11.8. The molecule has 13 heteroatoms. The first-order chi connectivity index (χ1) is 21.4. The molecule has 2 aliphatic rings. The molecule has 0 spiro atoms. The molecule has 0 fully saturated rings. The standard InChI is InChI=1S/C32H24N12.Cu/c1-41-13-5-9-17-21(41)29-33-25(17)38-30-23-19(11-7-15-43(23)3)27(35-30)40-32-24-20(12-8-16-44(24)4)28(36-32)39-31-22-18(26(34-31)37-29)10-6-14-42(22)2;/h5-16H,1-4H3;/q2*+2. The molecule has 1 radical (unpaired) electrons. The number of aromatic nitrogens is 12. The van der Waals surface area contributed by atoms with E-state index in [0.29, 0.717) is 45.9 Å². The second kappa shape index (κ2) is 9.74. The van der Waals surface area contributed by atoms with Crippen molar-refractivity contribution in [1.29, 1.82) is 0 Å². The molecule has 2 aliphatic heterocycles. The maximum absolute atomic E-state index is 5.04. The summed E-state index contributed by atoms with van der Waals surface area (Å²) in [5.74, 6) is 2.08. The quantitative estimate of drug-likeness (QED) is 0.181. The molecule has 0 saturated carbocycles. The molecule has 0 atom stereocenters. The van der Waals surface area contributed by atoms with E-state index >= 15 is 0 Å². The zero-order valence-electron chi connectivity index (χ0n) is 24.6. The van der Waals surface area contributed by atoms with E-state index in [2.05, 4.69) is 0 Å². The van der Waals surface area contributed by atoms with Gasteiger partial charge >= 0.3 is 17.1 Å². The first kappa shape index (κ1) is 27.1. The van der Waals surface area contributed by atoms with E-state index in [0.717, 1.165) is 44.3 Å². The molecule has 0 aromatic carbocycles. The van der Waals surface area contributed by atoms with Crippen LogP contribution in [0.5, 0.6) is 0 Å². The third kappa shape index (κ3) is 3.91. The largest absolute Gasteiger partial charge is 2.00 e. The summed E-state index contributed by atoms with van der Waals surface area (Å²) in [7, 11) is 7.90. The van der Waals surface area contributed by atoms with Crippen LogP contribution in [0.4, 0.5) is 0 Å². The number of nitrogens with zero attached hydrogens (tertiary/aromatic N) is 12. The summed E-state index contributed by atoms with van der Waals surface area (Å²) >= 11 is 0. The molecular weight excluding hydrogens is 616 g/mol. The second-order valence-electron chi connectivity index (χ2n) is 11.0. The third-order valence-corrected chi connectivity index (χ3v) is 8.23. The van der Waals surface area contributed by atoms with Crippen molar-refractivity contribution in [3.05, 3.63) is 73.3 Å². The minimum absolute atomic E-state index is 0. The first-order valence-corrected chi connectivity index (χ1v) is 14.1. The fourth-order valence-corrected chi connectivity index (χ4v) is 6.19. The zero-order chi connectivity index (χ0) is 29.7. The minimum atomic E-state index is 0. The molecule has 45 heavy (non-hydrogen) atoms. The summed E-state index contributed by atoms with van der Waals surface area (Å²) in [6.45, 7) is 0. The van der Waals surface area contributed by atoms with Crippen LogP contribution in [0.3, 0.4) is 0 Å². The molecule has 0 aliphatic carbocycles. The van der Waals surface area contributed by atoms with E-state index in [1.165, 1.54) is 0 Å². The van der Waals surface area contributed by atoms with E-state index < -0.39 is 0 Å². The number of aryl methyl sites for hydroxylation is 4. The van der Waals surface area contributed by atoms with Gasteiger partial charge in [0.15, 0.2) is 36.4 Å². The van der Waals surface area contributed by atoms with Crippen molar-refractivity contribution in [2.24, 2.45) is 28.2 Å². The van der Waals surface area contributed by atoms with Gasteiger partial charge in [-0.15, -0.1) is 0 Å². The van der Waals surface area contributed by atoms with Gasteiger partial charge in [-0.25, -0.2) is 19.1 Å². The number of hydrogen-bond acceptors (Lipinski definition) is 6.